The highest BCUT2D eigenvalue weighted by molar-refractivity contribution is 7.52. The van der Waals surface area contributed by atoms with Crippen LogP contribution in [-0.2, 0) is 19.8 Å². The summed E-state index contributed by atoms with van der Waals surface area (Å²) < 4.78 is 40.2. The maximum atomic E-state index is 14.2. The molecule has 1 aromatic heterocycles. The molecule has 0 aliphatic carbocycles. The van der Waals surface area contributed by atoms with Crippen molar-refractivity contribution in [3.05, 3.63) is 70.6 Å². The van der Waals surface area contributed by atoms with Gasteiger partial charge in [0, 0.05) is 35.3 Å². The summed E-state index contributed by atoms with van der Waals surface area (Å²) >= 11 is 1.00. The third kappa shape index (κ3) is 5.30. The lowest BCUT2D eigenvalue weighted by molar-refractivity contribution is -0.148. The number of nitriles is 1. The highest BCUT2D eigenvalue weighted by Gasteiger charge is 2.51. The molecule has 5 atom stereocenters. The Kier molecular flexibility index (Phi) is 7.82. The van der Waals surface area contributed by atoms with Gasteiger partial charge >= 0.3 is 13.3 Å². The number of nitrogens with one attached hydrogen (secondary N) is 1. The van der Waals surface area contributed by atoms with Gasteiger partial charge in [0.15, 0.2) is 0 Å². The molecule has 0 radical (unpaired) electrons. The van der Waals surface area contributed by atoms with Crippen LogP contribution < -0.4 is 5.32 Å². The first kappa shape index (κ1) is 30.3. The molecule has 0 bridgehead atoms. The van der Waals surface area contributed by atoms with Crippen LogP contribution in [0.3, 0.4) is 0 Å². The summed E-state index contributed by atoms with van der Waals surface area (Å²) in [6.45, 7) is 0.671. The zero-order valence-electron chi connectivity index (χ0n) is 23.3. The van der Waals surface area contributed by atoms with Crippen molar-refractivity contribution in [2.75, 3.05) is 13.1 Å². The highest BCUT2D eigenvalue weighted by atomic mass is 32.1. The van der Waals surface area contributed by atoms with E-state index in [2.05, 4.69) is 11.4 Å². The minimum atomic E-state index is -5.76. The maximum absolute atomic E-state index is 14.2. The number of fused-ring (bicyclic) bond motifs is 2. The molecule has 3 fully saturated rings. The number of piperidine rings is 1. The number of hydrogen-bond acceptors (Lipinski definition) is 6. The van der Waals surface area contributed by atoms with Crippen LogP contribution in [0, 0.1) is 17.2 Å². The van der Waals surface area contributed by atoms with Crippen LogP contribution in [-0.4, -0.2) is 68.5 Å². The zero-order valence-corrected chi connectivity index (χ0v) is 25.0. The van der Waals surface area contributed by atoms with Gasteiger partial charge in [0.25, 0.3) is 5.91 Å². The third-order valence-electron chi connectivity index (χ3n) is 8.91. The second-order valence-electron chi connectivity index (χ2n) is 11.5. The van der Waals surface area contributed by atoms with Crippen molar-refractivity contribution in [2.45, 2.75) is 55.4 Å². The van der Waals surface area contributed by atoms with Crippen LogP contribution in [0.2, 0.25) is 0 Å². The Hall–Kier alpha value is -3.69. The quantitative estimate of drug-likeness (QED) is 0.342. The molecule has 3 N–H and O–H groups in total. The number of carbonyl (C=O) groups excluding carboxylic acids is 3. The lowest BCUT2D eigenvalue weighted by Crippen LogP contribution is -2.59. The van der Waals surface area contributed by atoms with Gasteiger partial charge in [-0.25, -0.2) is 0 Å². The second-order valence-corrected chi connectivity index (χ2v) is 14.3. The third-order valence-corrected chi connectivity index (χ3v) is 11.0. The monoisotopic (exact) mass is 642 g/mol. The Bertz CT molecular complexity index is 1720. The van der Waals surface area contributed by atoms with Crippen LogP contribution in [0.1, 0.15) is 52.4 Å². The Balaban J connectivity index is 1.15. The number of likely N-dealkylation sites (tertiary alicyclic amines) is 1. The molecule has 3 aliphatic heterocycles. The van der Waals surface area contributed by atoms with Crippen LogP contribution in [0.5, 0.6) is 0 Å². The smallest absolute Gasteiger partial charge is 0.340 e. The van der Waals surface area contributed by atoms with Gasteiger partial charge < -0.3 is 24.9 Å². The summed E-state index contributed by atoms with van der Waals surface area (Å²) in [5.41, 5.74) is -4.26. The van der Waals surface area contributed by atoms with Crippen LogP contribution in [0.15, 0.2) is 54.6 Å². The van der Waals surface area contributed by atoms with Gasteiger partial charge in [-0.1, -0.05) is 36.4 Å². The molecule has 2 aromatic carbocycles. The van der Waals surface area contributed by atoms with Crippen molar-refractivity contribution in [2.24, 2.45) is 5.92 Å². The van der Waals surface area contributed by atoms with Crippen molar-refractivity contribution in [3.8, 4) is 6.07 Å². The predicted molar refractivity (Wildman–Crippen MR) is 157 cm³/mol. The average Bonchev–Trinajstić information content (AvgIpc) is 3.74. The molecule has 44 heavy (non-hydrogen) atoms. The topological polar surface area (TPSA) is 151 Å². The maximum Gasteiger partial charge on any atom is 0.399 e. The molecule has 3 saturated heterocycles. The van der Waals surface area contributed by atoms with Gasteiger partial charge in [0.1, 0.15) is 12.1 Å². The summed E-state index contributed by atoms with van der Waals surface area (Å²) in [6, 6.07) is 14.7. The van der Waals surface area contributed by atoms with Crippen molar-refractivity contribution >= 4 is 46.7 Å². The lowest BCUT2D eigenvalue weighted by atomic mass is 9.90. The van der Waals surface area contributed by atoms with E-state index >= 15 is 0 Å². The molecule has 3 aliphatic rings. The number of halogens is 2. The number of alkyl halides is 2. The van der Waals surface area contributed by atoms with Crippen LogP contribution >= 0.6 is 18.9 Å². The molecule has 14 heteroatoms. The first-order valence-corrected chi connectivity index (χ1v) is 16.7. The predicted octanol–water partition coefficient (Wildman–Crippen LogP) is 4.15. The summed E-state index contributed by atoms with van der Waals surface area (Å²) in [5, 5.41) is 12.7. The molecule has 230 valence electrons. The Morgan fingerprint density at radius 1 is 1.05 bits per heavy atom. The standard InChI is InChI=1S/C30H29F2N4O6PS/c31-30(32,43(40,41)42)20-6-11-25-18(12-20)13-26(44-25)27(37)34-23-9-7-21-8-10-24(36(21)28(23)38)29(39)35-15-19(14-33)22(16-35)17-4-2-1-3-5-17/h1-6,11-13,19,21-24H,7-10,15-16H2,(H,34,37)(H2,40,41,42)/t19-,21-,22?,23-,24-/m0/s1. The molecule has 1 unspecified atom stereocenters. The fraction of sp³-hybridized carbons (Fsp3) is 0.400. The first-order chi connectivity index (χ1) is 20.9. The van der Waals surface area contributed by atoms with Gasteiger partial charge in [0.05, 0.1) is 16.9 Å². The van der Waals surface area contributed by atoms with E-state index in [9.17, 15) is 33.0 Å². The summed E-state index contributed by atoms with van der Waals surface area (Å²) in [6.07, 6.45) is 2.14. The molecular formula is C30H29F2N4O6PS. The Morgan fingerprint density at radius 2 is 1.77 bits per heavy atom. The van der Waals surface area contributed by atoms with Crippen LogP contribution in [0.4, 0.5) is 8.78 Å². The highest BCUT2D eigenvalue weighted by Crippen LogP contribution is 2.59. The van der Waals surface area contributed by atoms with Gasteiger partial charge in [-0.15, -0.1) is 11.3 Å². The van der Waals surface area contributed by atoms with E-state index in [1.165, 1.54) is 12.1 Å². The van der Waals surface area contributed by atoms with Gasteiger partial charge in [-0.2, -0.15) is 14.0 Å². The number of nitrogens with zero attached hydrogens (tertiary/aromatic N) is 3. The molecule has 10 nitrogen and oxygen atoms in total. The number of carbonyl (C=O) groups is 3. The lowest BCUT2D eigenvalue weighted by Gasteiger charge is -2.38. The van der Waals surface area contributed by atoms with Crippen LogP contribution in [0.25, 0.3) is 10.1 Å². The number of rotatable bonds is 6. The Morgan fingerprint density at radius 3 is 2.48 bits per heavy atom. The summed E-state index contributed by atoms with van der Waals surface area (Å²) in [5.74, 6) is -1.62. The fourth-order valence-electron chi connectivity index (χ4n) is 6.64. The molecule has 0 saturated carbocycles. The van der Waals surface area contributed by atoms with Gasteiger partial charge in [-0.3, -0.25) is 18.9 Å². The van der Waals surface area contributed by atoms with E-state index in [4.69, 9.17) is 9.79 Å². The number of benzene rings is 2. The molecule has 4 heterocycles. The largest absolute Gasteiger partial charge is 0.399 e. The SMILES string of the molecule is N#C[C@H]1CN(C(=O)[C@@H]2CC[C@@H]3CC[C@H](NC(=O)c4cc5cc(C(F)(F)P(=O)(O)O)ccc5s4)C(=O)N32)CC1c1ccccc1. The van der Waals surface area contributed by atoms with Crippen molar-refractivity contribution in [1.29, 1.82) is 5.26 Å². The minimum Gasteiger partial charge on any atom is -0.340 e. The number of hydrogen-bond donors (Lipinski definition) is 3. The summed E-state index contributed by atoms with van der Waals surface area (Å²) in [7, 11) is -5.76. The molecule has 6 rings (SSSR count). The van der Waals surface area contributed by atoms with Crippen molar-refractivity contribution in [1.82, 2.24) is 15.1 Å². The molecule has 3 amide bonds. The molecule has 0 spiro atoms. The van der Waals surface area contributed by atoms with E-state index in [0.717, 1.165) is 29.0 Å². The van der Waals surface area contributed by atoms with E-state index in [0.29, 0.717) is 36.9 Å². The molecular weight excluding hydrogens is 613 g/mol. The van der Waals surface area contributed by atoms with E-state index < -0.39 is 36.8 Å². The van der Waals surface area contributed by atoms with E-state index in [1.807, 2.05) is 30.3 Å². The zero-order chi connectivity index (χ0) is 31.4. The van der Waals surface area contributed by atoms with E-state index in [-0.39, 0.29) is 46.5 Å². The van der Waals surface area contributed by atoms with Gasteiger partial charge in [0.2, 0.25) is 11.8 Å². The first-order valence-electron chi connectivity index (χ1n) is 14.2. The average molecular weight is 643 g/mol. The minimum absolute atomic E-state index is 0.119. The van der Waals surface area contributed by atoms with Crippen molar-refractivity contribution in [3.63, 3.8) is 0 Å². The summed E-state index contributed by atoms with van der Waals surface area (Å²) in [4.78, 5) is 62.1. The van der Waals surface area contributed by atoms with Crippen molar-refractivity contribution < 1.29 is 37.5 Å². The van der Waals surface area contributed by atoms with Gasteiger partial charge in [-0.05, 0) is 54.8 Å². The Labute approximate surface area is 255 Å². The molecule has 3 aromatic rings. The second kappa shape index (κ2) is 11.3. The normalized spacial score (nSPS) is 25.6. The van der Waals surface area contributed by atoms with E-state index in [1.54, 1.807) is 9.80 Å². The fourth-order valence-corrected chi connectivity index (χ4v) is 8.06. The number of amides is 3. The number of thiophene rings is 1.